The number of hydrogen-bond acceptors (Lipinski definition) is 5. The van der Waals surface area contributed by atoms with E-state index < -0.39 is 0 Å². The van der Waals surface area contributed by atoms with Crippen LogP contribution in [-0.2, 0) is 0 Å². The van der Waals surface area contributed by atoms with Crippen molar-refractivity contribution in [1.29, 1.82) is 0 Å². The largest absolute Gasteiger partial charge is 0.371 e. The van der Waals surface area contributed by atoms with Crippen molar-refractivity contribution in [2.45, 2.75) is 12.8 Å². The van der Waals surface area contributed by atoms with Gasteiger partial charge in [0.1, 0.15) is 0 Å². The van der Waals surface area contributed by atoms with E-state index in [1.54, 1.807) is 17.2 Å². The monoisotopic (exact) mass is 410 g/mol. The molecule has 0 radical (unpaired) electrons. The minimum atomic E-state index is -0.125. The fourth-order valence-corrected chi connectivity index (χ4v) is 3.93. The van der Waals surface area contributed by atoms with E-state index in [0.717, 1.165) is 25.9 Å². The molecule has 0 N–H and O–H groups in total. The van der Waals surface area contributed by atoms with E-state index in [4.69, 9.17) is 11.6 Å². The molecule has 29 heavy (non-hydrogen) atoms. The van der Waals surface area contributed by atoms with Crippen LogP contribution in [0.3, 0.4) is 0 Å². The van der Waals surface area contributed by atoms with E-state index in [0.29, 0.717) is 28.9 Å². The number of halogens is 1. The Morgan fingerprint density at radius 3 is 2.62 bits per heavy atom. The van der Waals surface area contributed by atoms with Crippen LogP contribution in [0.25, 0.3) is 5.69 Å². The topological polar surface area (TPSA) is 67.2 Å². The van der Waals surface area contributed by atoms with Crippen LogP contribution in [0.15, 0.2) is 55.0 Å². The number of para-hydroxylation sites is 1. The number of hydrogen-bond donors (Lipinski definition) is 0. The lowest BCUT2D eigenvalue weighted by Gasteiger charge is -2.35. The number of nitrogens with zero attached hydrogens (tertiary/aromatic N) is 6. The molecular weight excluding hydrogens is 388 g/mol. The van der Waals surface area contributed by atoms with Gasteiger partial charge >= 0.3 is 0 Å². The highest BCUT2D eigenvalue weighted by Crippen LogP contribution is 2.24. The van der Waals surface area contributed by atoms with Gasteiger partial charge in [0.05, 0.1) is 16.9 Å². The van der Waals surface area contributed by atoms with E-state index in [9.17, 15) is 4.79 Å². The summed E-state index contributed by atoms with van der Waals surface area (Å²) in [4.78, 5) is 21.0. The van der Waals surface area contributed by atoms with E-state index in [2.05, 4.69) is 20.2 Å². The van der Waals surface area contributed by atoms with Crippen molar-refractivity contribution in [3.63, 3.8) is 0 Å². The van der Waals surface area contributed by atoms with Crippen molar-refractivity contribution in [2.75, 3.05) is 31.6 Å². The Kier molecular flexibility index (Phi) is 5.76. The molecule has 0 bridgehead atoms. The van der Waals surface area contributed by atoms with E-state index >= 15 is 0 Å². The van der Waals surface area contributed by atoms with Gasteiger partial charge in [0, 0.05) is 44.8 Å². The molecule has 1 aliphatic rings. The predicted molar refractivity (Wildman–Crippen MR) is 113 cm³/mol. The third-order valence-electron chi connectivity index (χ3n) is 5.33. The first kappa shape index (κ1) is 19.4. The van der Waals surface area contributed by atoms with Gasteiger partial charge in [0.25, 0.3) is 5.91 Å². The Labute approximate surface area is 174 Å². The zero-order chi connectivity index (χ0) is 20.2. The molecule has 150 valence electrons. The molecule has 0 atom stereocenters. The van der Waals surface area contributed by atoms with Crippen LogP contribution in [0.2, 0.25) is 5.02 Å². The van der Waals surface area contributed by atoms with Gasteiger partial charge in [0.2, 0.25) is 0 Å². The first-order chi connectivity index (χ1) is 14.1. The normalized spacial score (nSPS) is 14.8. The third kappa shape index (κ3) is 4.40. The molecule has 1 amide bonds. The number of amides is 1. The standard InChI is InChI=1S/C21H23ClN6O/c1-26(14-16-8-12-27(13-9-16)17-6-10-23-11-7-17)21(29)19-15-28(25-24-19)20-5-3-2-4-18(20)22/h2-7,10-11,15-16H,8-9,12-14H2,1H3. The van der Waals surface area contributed by atoms with Crippen molar-refractivity contribution >= 4 is 23.2 Å². The van der Waals surface area contributed by atoms with Gasteiger partial charge in [-0.1, -0.05) is 28.9 Å². The molecule has 8 heteroatoms. The first-order valence-corrected chi connectivity index (χ1v) is 10.1. The Balaban J connectivity index is 1.34. The average molecular weight is 411 g/mol. The maximum atomic E-state index is 12.8. The van der Waals surface area contributed by atoms with Crippen molar-refractivity contribution < 1.29 is 4.79 Å². The van der Waals surface area contributed by atoms with Crippen molar-refractivity contribution in [3.8, 4) is 5.69 Å². The predicted octanol–water partition coefficient (Wildman–Crippen LogP) is 3.30. The highest BCUT2D eigenvalue weighted by Gasteiger charge is 2.24. The maximum absolute atomic E-state index is 12.8. The highest BCUT2D eigenvalue weighted by atomic mass is 35.5. The van der Waals surface area contributed by atoms with Crippen LogP contribution in [0, 0.1) is 5.92 Å². The van der Waals surface area contributed by atoms with Gasteiger partial charge in [-0.25, -0.2) is 4.68 Å². The second-order valence-corrected chi connectivity index (χ2v) is 7.73. The zero-order valence-electron chi connectivity index (χ0n) is 16.3. The molecule has 1 fully saturated rings. The second-order valence-electron chi connectivity index (χ2n) is 7.32. The summed E-state index contributed by atoms with van der Waals surface area (Å²) in [7, 11) is 1.83. The van der Waals surface area contributed by atoms with Crippen LogP contribution in [0.4, 0.5) is 5.69 Å². The van der Waals surface area contributed by atoms with Gasteiger partial charge in [-0.3, -0.25) is 9.78 Å². The SMILES string of the molecule is CN(CC1CCN(c2ccncc2)CC1)C(=O)c1cn(-c2ccccc2Cl)nn1. The number of benzene rings is 1. The lowest BCUT2D eigenvalue weighted by atomic mass is 9.96. The quantitative estimate of drug-likeness (QED) is 0.645. The van der Waals surface area contributed by atoms with Crippen LogP contribution in [0.1, 0.15) is 23.3 Å². The molecule has 7 nitrogen and oxygen atoms in total. The minimum absolute atomic E-state index is 0.125. The third-order valence-corrected chi connectivity index (χ3v) is 5.65. The lowest BCUT2D eigenvalue weighted by molar-refractivity contribution is 0.0759. The summed E-state index contributed by atoms with van der Waals surface area (Å²) in [5.41, 5.74) is 2.23. The molecule has 3 aromatic rings. The maximum Gasteiger partial charge on any atom is 0.275 e. The number of rotatable bonds is 5. The van der Waals surface area contributed by atoms with Gasteiger partial charge in [-0.15, -0.1) is 5.10 Å². The molecule has 1 aromatic carbocycles. The molecule has 4 rings (SSSR count). The van der Waals surface area contributed by atoms with Crippen LogP contribution in [-0.4, -0.2) is 57.5 Å². The summed E-state index contributed by atoms with van der Waals surface area (Å²) in [5.74, 6) is 0.348. The van der Waals surface area contributed by atoms with E-state index in [-0.39, 0.29) is 5.91 Å². The zero-order valence-corrected chi connectivity index (χ0v) is 17.0. The summed E-state index contributed by atoms with van der Waals surface area (Å²) in [6, 6.07) is 11.4. The van der Waals surface area contributed by atoms with Crippen molar-refractivity contribution in [3.05, 3.63) is 65.7 Å². The summed E-state index contributed by atoms with van der Waals surface area (Å²) in [6.45, 7) is 2.68. The lowest BCUT2D eigenvalue weighted by Crippen LogP contribution is -2.39. The van der Waals surface area contributed by atoms with Crippen LogP contribution >= 0.6 is 11.6 Å². The van der Waals surface area contributed by atoms with E-state index in [1.807, 2.05) is 49.8 Å². The number of anilines is 1. The van der Waals surface area contributed by atoms with Crippen molar-refractivity contribution in [2.24, 2.45) is 5.92 Å². The molecule has 1 aliphatic heterocycles. The average Bonchev–Trinajstić information content (AvgIpc) is 3.24. The molecule has 0 saturated carbocycles. The van der Waals surface area contributed by atoms with E-state index in [1.165, 1.54) is 10.4 Å². The fraction of sp³-hybridized carbons (Fsp3) is 0.333. The Bertz CT molecular complexity index is 968. The van der Waals surface area contributed by atoms with Gasteiger partial charge in [0.15, 0.2) is 5.69 Å². The number of carbonyl (C=O) groups is 1. The molecule has 0 unspecified atom stereocenters. The molecule has 0 aliphatic carbocycles. The van der Waals surface area contributed by atoms with Crippen LogP contribution < -0.4 is 4.90 Å². The Hall–Kier alpha value is -2.93. The summed E-state index contributed by atoms with van der Waals surface area (Å²) < 4.78 is 1.54. The highest BCUT2D eigenvalue weighted by molar-refractivity contribution is 6.32. The summed E-state index contributed by atoms with van der Waals surface area (Å²) in [6.07, 6.45) is 7.37. The number of pyridine rings is 1. The number of carbonyl (C=O) groups excluding carboxylic acids is 1. The number of piperidine rings is 1. The molecule has 2 aromatic heterocycles. The molecule has 0 spiro atoms. The van der Waals surface area contributed by atoms with Gasteiger partial charge < -0.3 is 9.80 Å². The Morgan fingerprint density at radius 1 is 1.17 bits per heavy atom. The summed E-state index contributed by atoms with van der Waals surface area (Å²) >= 11 is 6.20. The molecule has 1 saturated heterocycles. The smallest absolute Gasteiger partial charge is 0.275 e. The molecule has 3 heterocycles. The minimum Gasteiger partial charge on any atom is -0.371 e. The van der Waals surface area contributed by atoms with Crippen LogP contribution in [0.5, 0.6) is 0 Å². The van der Waals surface area contributed by atoms with Gasteiger partial charge in [-0.05, 0) is 43.0 Å². The summed E-state index contributed by atoms with van der Waals surface area (Å²) in [5, 5.41) is 8.67. The Morgan fingerprint density at radius 2 is 1.90 bits per heavy atom. The second kappa shape index (κ2) is 8.61. The van der Waals surface area contributed by atoms with Crippen molar-refractivity contribution in [1.82, 2.24) is 24.9 Å². The molecular formula is C21H23ClN6O. The first-order valence-electron chi connectivity index (χ1n) is 9.69. The fourth-order valence-electron chi connectivity index (χ4n) is 3.71. The van der Waals surface area contributed by atoms with Gasteiger partial charge in [-0.2, -0.15) is 0 Å². The number of aromatic nitrogens is 4.